The van der Waals surface area contributed by atoms with Crippen molar-refractivity contribution in [2.45, 2.75) is 13.8 Å². The average molecular weight is 541 g/mol. The van der Waals surface area contributed by atoms with Crippen LogP contribution >= 0.6 is 0 Å². The van der Waals surface area contributed by atoms with Crippen molar-refractivity contribution in [3.8, 4) is 56.9 Å². The number of benzene rings is 5. The van der Waals surface area contributed by atoms with Crippen LogP contribution in [0.25, 0.3) is 44.8 Å². The molecule has 42 heavy (non-hydrogen) atoms. The molecule has 0 bridgehead atoms. The number of hydrogen-bond acceptors (Lipinski definition) is 4. The molecule has 0 N–H and O–H groups in total. The normalized spacial score (nSPS) is 10.1. The molecular formula is C38H28N4. The molecule has 0 atom stereocenters. The van der Waals surface area contributed by atoms with Gasteiger partial charge in [-0.15, -0.1) is 0 Å². The highest BCUT2D eigenvalue weighted by Crippen LogP contribution is 2.25. The second-order valence-electron chi connectivity index (χ2n) is 9.98. The van der Waals surface area contributed by atoms with E-state index >= 15 is 0 Å². The van der Waals surface area contributed by atoms with E-state index in [4.69, 9.17) is 10.5 Å². The molecule has 0 radical (unpaired) electrons. The molecule has 0 saturated heterocycles. The van der Waals surface area contributed by atoms with Crippen molar-refractivity contribution < 1.29 is 0 Å². The van der Waals surface area contributed by atoms with Gasteiger partial charge in [0.1, 0.15) is 0 Å². The minimum absolute atomic E-state index is 0.634. The Balaban J connectivity index is 0.000000168. The van der Waals surface area contributed by atoms with E-state index in [0.29, 0.717) is 17.0 Å². The van der Waals surface area contributed by atoms with E-state index in [2.05, 4.69) is 109 Å². The van der Waals surface area contributed by atoms with Crippen LogP contribution in [0.2, 0.25) is 0 Å². The van der Waals surface area contributed by atoms with E-state index in [1.165, 1.54) is 22.3 Å². The van der Waals surface area contributed by atoms with Gasteiger partial charge in [0.2, 0.25) is 0 Å². The molecule has 1 aromatic heterocycles. The maximum absolute atomic E-state index is 8.83. The predicted octanol–water partition coefficient (Wildman–Crippen LogP) is 9.19. The number of nitriles is 2. The molecule has 0 unspecified atom stereocenters. The third kappa shape index (κ3) is 6.83. The fourth-order valence-corrected chi connectivity index (χ4v) is 4.40. The first-order chi connectivity index (χ1) is 20.5. The van der Waals surface area contributed by atoms with Crippen molar-refractivity contribution in [1.29, 1.82) is 10.5 Å². The van der Waals surface area contributed by atoms with Crippen molar-refractivity contribution >= 4 is 0 Å². The summed E-state index contributed by atoms with van der Waals surface area (Å²) in [7, 11) is 0. The standard InChI is InChI=1S/C20H15N.C18H13N3/c1-15-2-6-17(7-3-15)19-10-12-20(13-11-19)18-8-4-16(14-21)5-9-18;1-13-2-6-15(7-3-13)17-11-20-18(21-12-17)16-8-4-14(10-19)5-9-16/h2-13H,1H3;2-9,11-12H,1H3. The fourth-order valence-electron chi connectivity index (χ4n) is 4.40. The maximum Gasteiger partial charge on any atom is 0.159 e. The lowest BCUT2D eigenvalue weighted by Crippen LogP contribution is -1.90. The highest BCUT2D eigenvalue weighted by atomic mass is 14.9. The van der Waals surface area contributed by atoms with Crippen molar-refractivity contribution in [1.82, 2.24) is 9.97 Å². The summed E-state index contributed by atoms with van der Waals surface area (Å²) in [6.07, 6.45) is 3.65. The molecule has 6 aromatic rings. The molecule has 0 aliphatic heterocycles. The molecule has 1 heterocycles. The van der Waals surface area contributed by atoms with Gasteiger partial charge in [0.25, 0.3) is 0 Å². The fraction of sp³-hybridized carbons (Fsp3) is 0.0526. The van der Waals surface area contributed by atoms with Gasteiger partial charge < -0.3 is 0 Å². The van der Waals surface area contributed by atoms with E-state index in [0.717, 1.165) is 27.8 Å². The van der Waals surface area contributed by atoms with Crippen LogP contribution in [-0.4, -0.2) is 9.97 Å². The summed E-state index contributed by atoms with van der Waals surface area (Å²) < 4.78 is 0. The van der Waals surface area contributed by atoms with Gasteiger partial charge >= 0.3 is 0 Å². The summed E-state index contributed by atoms with van der Waals surface area (Å²) in [4.78, 5) is 8.82. The molecular weight excluding hydrogens is 512 g/mol. The molecule has 0 fully saturated rings. The Morgan fingerprint density at radius 1 is 0.381 bits per heavy atom. The molecule has 0 amide bonds. The summed E-state index contributed by atoms with van der Waals surface area (Å²) in [5.74, 6) is 0.662. The van der Waals surface area contributed by atoms with E-state index < -0.39 is 0 Å². The first kappa shape index (κ1) is 27.7. The van der Waals surface area contributed by atoms with Crippen LogP contribution in [0.15, 0.2) is 134 Å². The summed E-state index contributed by atoms with van der Waals surface area (Å²) >= 11 is 0. The summed E-state index contributed by atoms with van der Waals surface area (Å²) in [5, 5.41) is 17.6. The first-order valence-electron chi connectivity index (χ1n) is 13.6. The van der Waals surface area contributed by atoms with Crippen LogP contribution in [-0.2, 0) is 0 Å². The molecule has 4 nitrogen and oxygen atoms in total. The highest BCUT2D eigenvalue weighted by Gasteiger charge is 2.04. The number of hydrogen-bond donors (Lipinski definition) is 0. The smallest absolute Gasteiger partial charge is 0.159 e. The van der Waals surface area contributed by atoms with E-state index in [1.807, 2.05) is 48.8 Å². The lowest BCUT2D eigenvalue weighted by molar-refractivity contribution is 1.18. The number of rotatable bonds is 4. The summed E-state index contributed by atoms with van der Waals surface area (Å²) in [6, 6.07) is 44.5. The van der Waals surface area contributed by atoms with E-state index in [1.54, 1.807) is 12.1 Å². The quantitative estimate of drug-likeness (QED) is 0.223. The lowest BCUT2D eigenvalue weighted by Gasteiger charge is -2.05. The molecule has 6 rings (SSSR count). The molecule has 200 valence electrons. The largest absolute Gasteiger partial charge is 0.236 e. The Morgan fingerprint density at radius 3 is 1.02 bits per heavy atom. The molecule has 0 aliphatic rings. The second kappa shape index (κ2) is 13.0. The average Bonchev–Trinajstić information content (AvgIpc) is 3.06. The molecule has 0 aliphatic carbocycles. The van der Waals surface area contributed by atoms with Crippen LogP contribution < -0.4 is 0 Å². The topological polar surface area (TPSA) is 73.4 Å². The summed E-state index contributed by atoms with van der Waals surface area (Å²) in [6.45, 7) is 4.16. The molecule has 0 saturated carbocycles. The second-order valence-corrected chi connectivity index (χ2v) is 9.98. The number of aromatic nitrogens is 2. The van der Waals surface area contributed by atoms with Gasteiger partial charge in [-0.1, -0.05) is 96.1 Å². The van der Waals surface area contributed by atoms with Gasteiger partial charge in [0.05, 0.1) is 23.3 Å². The number of nitrogens with zero attached hydrogens (tertiary/aromatic N) is 4. The van der Waals surface area contributed by atoms with Crippen LogP contribution in [0.3, 0.4) is 0 Å². The summed E-state index contributed by atoms with van der Waals surface area (Å²) in [5.41, 5.74) is 11.6. The van der Waals surface area contributed by atoms with Gasteiger partial charge in [-0.25, -0.2) is 9.97 Å². The SMILES string of the molecule is Cc1ccc(-c2ccc(-c3ccc(C#N)cc3)cc2)cc1.Cc1ccc(-c2cnc(-c3ccc(C#N)cc3)nc2)cc1. The Morgan fingerprint density at radius 2 is 0.667 bits per heavy atom. The van der Waals surface area contributed by atoms with Crippen molar-refractivity contribution in [3.05, 3.63) is 156 Å². The molecule has 5 aromatic carbocycles. The Bertz CT molecular complexity index is 1700. The van der Waals surface area contributed by atoms with Gasteiger partial charge in [0.15, 0.2) is 5.82 Å². The van der Waals surface area contributed by atoms with Crippen LogP contribution in [0, 0.1) is 36.5 Å². The Kier molecular flexibility index (Phi) is 8.58. The zero-order chi connectivity index (χ0) is 29.3. The van der Waals surface area contributed by atoms with Crippen molar-refractivity contribution in [2.75, 3.05) is 0 Å². The van der Waals surface area contributed by atoms with Gasteiger partial charge in [-0.05, 0) is 78.1 Å². The first-order valence-corrected chi connectivity index (χ1v) is 13.6. The number of aryl methyl sites for hydroxylation is 2. The Hall–Kier alpha value is -5.84. The molecule has 0 spiro atoms. The minimum Gasteiger partial charge on any atom is -0.236 e. The monoisotopic (exact) mass is 540 g/mol. The van der Waals surface area contributed by atoms with Gasteiger partial charge in [-0.3, -0.25) is 0 Å². The van der Waals surface area contributed by atoms with E-state index in [-0.39, 0.29) is 0 Å². The lowest BCUT2D eigenvalue weighted by atomic mass is 9.99. The Labute approximate surface area is 246 Å². The van der Waals surface area contributed by atoms with E-state index in [9.17, 15) is 0 Å². The van der Waals surface area contributed by atoms with Gasteiger partial charge in [0, 0.05) is 23.5 Å². The van der Waals surface area contributed by atoms with Crippen LogP contribution in [0.4, 0.5) is 0 Å². The highest BCUT2D eigenvalue weighted by molar-refractivity contribution is 5.71. The molecule has 4 heteroatoms. The predicted molar refractivity (Wildman–Crippen MR) is 169 cm³/mol. The third-order valence-electron chi connectivity index (χ3n) is 6.93. The van der Waals surface area contributed by atoms with Gasteiger partial charge in [-0.2, -0.15) is 10.5 Å². The third-order valence-corrected chi connectivity index (χ3v) is 6.93. The van der Waals surface area contributed by atoms with Crippen molar-refractivity contribution in [2.24, 2.45) is 0 Å². The minimum atomic E-state index is 0.634. The zero-order valence-corrected chi connectivity index (χ0v) is 23.5. The maximum atomic E-state index is 8.83. The van der Waals surface area contributed by atoms with Crippen molar-refractivity contribution in [3.63, 3.8) is 0 Å². The van der Waals surface area contributed by atoms with Crippen LogP contribution in [0.5, 0.6) is 0 Å². The van der Waals surface area contributed by atoms with Crippen LogP contribution in [0.1, 0.15) is 22.3 Å². The zero-order valence-electron chi connectivity index (χ0n) is 23.5.